The number of ether oxygens (including phenoxy) is 1. The van der Waals surface area contributed by atoms with Gasteiger partial charge in [-0.3, -0.25) is 0 Å². The molecule has 1 saturated carbocycles. The summed E-state index contributed by atoms with van der Waals surface area (Å²) in [5.74, 6) is 0.754. The van der Waals surface area contributed by atoms with Crippen molar-refractivity contribution in [3.8, 4) is 0 Å². The molecule has 1 aromatic heterocycles. The smallest absolute Gasteiger partial charge is 0.329 e. The van der Waals surface area contributed by atoms with Gasteiger partial charge in [-0.1, -0.05) is 32.1 Å². The highest BCUT2D eigenvalue weighted by Gasteiger charge is 2.15. The normalized spacial score (nSPS) is 16.6. The number of aryl methyl sites for hydroxylation is 1. The van der Waals surface area contributed by atoms with Crippen LogP contribution in [-0.2, 0) is 22.6 Å². The van der Waals surface area contributed by atoms with E-state index in [1.54, 1.807) is 0 Å². The molecule has 0 atom stereocenters. The fourth-order valence-electron chi connectivity index (χ4n) is 2.48. The molecule has 106 valence electrons. The Hall–Kier alpha value is -1.43. The van der Waals surface area contributed by atoms with Gasteiger partial charge in [-0.15, -0.1) is 10.2 Å². The largest absolute Gasteiger partial charge is 0.480 e. The topological polar surface area (TPSA) is 85.5 Å². The first kappa shape index (κ1) is 14.0. The maximum absolute atomic E-state index is 10.3. The molecule has 1 N–H and O–H groups in total. The second-order valence-electron chi connectivity index (χ2n) is 5.02. The van der Waals surface area contributed by atoms with Gasteiger partial charge in [0.1, 0.15) is 13.2 Å². The van der Waals surface area contributed by atoms with Crippen molar-refractivity contribution in [1.29, 1.82) is 0 Å². The molecule has 1 aliphatic carbocycles. The summed E-state index contributed by atoms with van der Waals surface area (Å²) in [6, 6.07) is 0. The Morgan fingerprint density at radius 2 is 2.00 bits per heavy atom. The molecule has 0 spiro atoms. The fourth-order valence-corrected chi connectivity index (χ4v) is 2.48. The summed E-state index contributed by atoms with van der Waals surface area (Å²) >= 11 is 0. The molecule has 0 unspecified atom stereocenters. The number of aliphatic carboxylic acids is 1. The van der Waals surface area contributed by atoms with Gasteiger partial charge >= 0.3 is 5.97 Å². The third kappa shape index (κ3) is 4.98. The van der Waals surface area contributed by atoms with Crippen molar-refractivity contribution in [2.45, 2.75) is 51.6 Å². The monoisotopic (exact) mass is 268 g/mol. The van der Waals surface area contributed by atoms with Crippen LogP contribution in [0, 0.1) is 5.92 Å². The van der Waals surface area contributed by atoms with Gasteiger partial charge in [0.05, 0.1) is 0 Å². The highest BCUT2D eigenvalue weighted by atomic mass is 16.5. The molecule has 6 heteroatoms. The summed E-state index contributed by atoms with van der Waals surface area (Å²) in [6.45, 7) is -0.289. The highest BCUT2D eigenvalue weighted by molar-refractivity contribution is 5.67. The van der Waals surface area contributed by atoms with Gasteiger partial charge in [0, 0.05) is 6.42 Å². The van der Waals surface area contributed by atoms with Crippen LogP contribution in [0.5, 0.6) is 0 Å². The average molecular weight is 268 g/mol. The van der Waals surface area contributed by atoms with Crippen LogP contribution in [0.25, 0.3) is 0 Å². The Morgan fingerprint density at radius 3 is 2.74 bits per heavy atom. The number of rotatable bonds is 7. The lowest BCUT2D eigenvalue weighted by atomic mass is 9.86. The first-order chi connectivity index (χ1) is 9.24. The van der Waals surface area contributed by atoms with Gasteiger partial charge in [-0.05, 0) is 12.3 Å². The summed E-state index contributed by atoms with van der Waals surface area (Å²) in [5, 5.41) is 16.2. The lowest BCUT2D eigenvalue weighted by Gasteiger charge is -2.20. The van der Waals surface area contributed by atoms with E-state index in [2.05, 4.69) is 10.2 Å². The van der Waals surface area contributed by atoms with Crippen LogP contribution in [0.3, 0.4) is 0 Å². The van der Waals surface area contributed by atoms with E-state index in [1.165, 1.54) is 32.1 Å². The fraction of sp³-hybridized carbons (Fsp3) is 0.769. The average Bonchev–Trinajstić information content (AvgIpc) is 2.85. The number of hydrogen-bond acceptors (Lipinski definition) is 5. The number of aromatic nitrogens is 2. The zero-order valence-electron chi connectivity index (χ0n) is 11.0. The lowest BCUT2D eigenvalue weighted by molar-refractivity contribution is -0.142. The molecule has 1 fully saturated rings. The lowest BCUT2D eigenvalue weighted by Crippen LogP contribution is -2.07. The van der Waals surface area contributed by atoms with Crippen molar-refractivity contribution in [2.24, 2.45) is 5.92 Å². The third-order valence-electron chi connectivity index (χ3n) is 3.45. The minimum absolute atomic E-state index is 0.0583. The summed E-state index contributed by atoms with van der Waals surface area (Å²) in [5.41, 5.74) is 0. The molecule has 0 saturated heterocycles. The molecule has 1 aromatic rings. The van der Waals surface area contributed by atoms with Gasteiger partial charge < -0.3 is 14.3 Å². The van der Waals surface area contributed by atoms with Crippen LogP contribution in [0.15, 0.2) is 4.42 Å². The first-order valence-electron chi connectivity index (χ1n) is 6.85. The predicted octanol–water partition coefficient (Wildman–Crippen LogP) is 2.18. The van der Waals surface area contributed by atoms with Crippen LogP contribution in [-0.4, -0.2) is 27.9 Å². The first-order valence-corrected chi connectivity index (χ1v) is 6.85. The van der Waals surface area contributed by atoms with Crippen molar-refractivity contribution in [3.05, 3.63) is 11.8 Å². The van der Waals surface area contributed by atoms with E-state index in [4.69, 9.17) is 14.3 Å². The summed E-state index contributed by atoms with van der Waals surface area (Å²) < 4.78 is 10.3. The van der Waals surface area contributed by atoms with Crippen LogP contribution in [0.4, 0.5) is 0 Å². The Morgan fingerprint density at radius 1 is 1.26 bits per heavy atom. The van der Waals surface area contributed by atoms with Gasteiger partial charge in [0.15, 0.2) is 0 Å². The van der Waals surface area contributed by atoms with Crippen molar-refractivity contribution < 1.29 is 19.1 Å². The van der Waals surface area contributed by atoms with Crippen molar-refractivity contribution in [2.75, 3.05) is 6.61 Å². The molecule has 0 aliphatic heterocycles. The van der Waals surface area contributed by atoms with Crippen LogP contribution < -0.4 is 0 Å². The van der Waals surface area contributed by atoms with E-state index in [0.717, 1.165) is 18.8 Å². The Bertz CT molecular complexity index is 399. The number of hydrogen-bond donors (Lipinski definition) is 1. The molecular formula is C13H20N2O4. The molecule has 0 aromatic carbocycles. The Balaban J connectivity index is 1.69. The zero-order chi connectivity index (χ0) is 13.5. The summed E-state index contributed by atoms with van der Waals surface area (Å²) in [6.07, 6.45) is 8.55. The maximum Gasteiger partial charge on any atom is 0.329 e. The predicted molar refractivity (Wildman–Crippen MR) is 66.5 cm³/mol. The molecule has 0 bridgehead atoms. The van der Waals surface area contributed by atoms with E-state index < -0.39 is 5.97 Å². The molecule has 6 nitrogen and oxygen atoms in total. The van der Waals surface area contributed by atoms with E-state index in [0.29, 0.717) is 11.8 Å². The molecule has 19 heavy (non-hydrogen) atoms. The zero-order valence-corrected chi connectivity index (χ0v) is 11.0. The standard InChI is InChI=1S/C13H20N2O4/c16-13(17)9-18-8-12-15-14-11(19-12)7-6-10-4-2-1-3-5-10/h10H,1-9H2,(H,16,17). The number of carboxylic acids is 1. The van der Waals surface area contributed by atoms with Gasteiger partial charge in [0.2, 0.25) is 11.8 Å². The minimum Gasteiger partial charge on any atom is -0.480 e. The number of nitrogens with zero attached hydrogens (tertiary/aromatic N) is 2. The molecular weight excluding hydrogens is 248 g/mol. The Labute approximate surface area is 112 Å². The van der Waals surface area contributed by atoms with Gasteiger partial charge in [0.25, 0.3) is 0 Å². The van der Waals surface area contributed by atoms with Gasteiger partial charge in [-0.2, -0.15) is 0 Å². The van der Waals surface area contributed by atoms with Crippen molar-refractivity contribution in [3.63, 3.8) is 0 Å². The minimum atomic E-state index is -1.00. The SMILES string of the molecule is O=C(O)COCc1nnc(CCC2CCCCC2)o1. The highest BCUT2D eigenvalue weighted by Crippen LogP contribution is 2.27. The van der Waals surface area contributed by atoms with Gasteiger partial charge in [-0.25, -0.2) is 4.79 Å². The molecule has 2 rings (SSSR count). The number of carbonyl (C=O) groups is 1. The quantitative estimate of drug-likeness (QED) is 0.815. The second-order valence-corrected chi connectivity index (χ2v) is 5.02. The maximum atomic E-state index is 10.3. The Kier molecular flexibility index (Phi) is 5.32. The van der Waals surface area contributed by atoms with Crippen LogP contribution >= 0.6 is 0 Å². The van der Waals surface area contributed by atoms with E-state index >= 15 is 0 Å². The van der Waals surface area contributed by atoms with Crippen molar-refractivity contribution >= 4 is 5.97 Å². The van der Waals surface area contributed by atoms with Crippen LogP contribution in [0.1, 0.15) is 50.3 Å². The third-order valence-corrected chi connectivity index (χ3v) is 3.45. The van der Waals surface area contributed by atoms with E-state index in [-0.39, 0.29) is 13.2 Å². The van der Waals surface area contributed by atoms with E-state index in [1.807, 2.05) is 0 Å². The number of carboxylic acid groups (broad SMARTS) is 1. The molecule has 1 heterocycles. The molecule has 0 amide bonds. The summed E-state index contributed by atoms with van der Waals surface area (Å²) in [7, 11) is 0. The molecule has 1 aliphatic rings. The van der Waals surface area contributed by atoms with E-state index in [9.17, 15) is 4.79 Å². The summed E-state index contributed by atoms with van der Waals surface area (Å²) in [4.78, 5) is 10.3. The van der Waals surface area contributed by atoms with Crippen LogP contribution in [0.2, 0.25) is 0 Å². The molecule has 0 radical (unpaired) electrons. The van der Waals surface area contributed by atoms with Crippen molar-refractivity contribution in [1.82, 2.24) is 10.2 Å². The second kappa shape index (κ2) is 7.23.